The highest BCUT2D eigenvalue weighted by molar-refractivity contribution is 7.90. The molecule has 0 unspecified atom stereocenters. The summed E-state index contributed by atoms with van der Waals surface area (Å²) in [5, 5.41) is 0. The van der Waals surface area contributed by atoms with E-state index in [1.807, 2.05) is 18.2 Å². The van der Waals surface area contributed by atoms with E-state index in [9.17, 15) is 12.8 Å². The zero-order valence-electron chi connectivity index (χ0n) is 18.6. The van der Waals surface area contributed by atoms with E-state index in [-0.39, 0.29) is 17.5 Å². The Morgan fingerprint density at radius 2 is 1.94 bits per heavy atom. The van der Waals surface area contributed by atoms with Crippen molar-refractivity contribution in [1.82, 2.24) is 4.90 Å². The van der Waals surface area contributed by atoms with Crippen LogP contribution in [0.2, 0.25) is 0 Å². The summed E-state index contributed by atoms with van der Waals surface area (Å²) in [6, 6.07) is 14.0. The highest BCUT2D eigenvalue weighted by Gasteiger charge is 2.48. The molecule has 3 atom stereocenters. The van der Waals surface area contributed by atoms with E-state index in [1.54, 1.807) is 24.3 Å². The maximum Gasteiger partial charge on any atom is 0.175 e. The first-order valence-corrected chi connectivity index (χ1v) is 13.0. The van der Waals surface area contributed by atoms with Crippen molar-refractivity contribution in [2.45, 2.75) is 56.2 Å². The molecule has 31 heavy (non-hydrogen) atoms. The van der Waals surface area contributed by atoms with E-state index in [0.717, 1.165) is 43.5 Å². The molecule has 2 aliphatic rings. The second-order valence-corrected chi connectivity index (χ2v) is 11.6. The number of halogens is 1. The molecule has 2 fully saturated rings. The Bertz CT molecular complexity index is 1020. The van der Waals surface area contributed by atoms with Crippen LogP contribution in [0.4, 0.5) is 4.39 Å². The van der Waals surface area contributed by atoms with E-state index in [2.05, 4.69) is 18.7 Å². The molecular weight excluding hydrogens is 413 g/mol. The van der Waals surface area contributed by atoms with E-state index < -0.39 is 9.84 Å². The molecule has 6 heteroatoms. The second kappa shape index (κ2) is 8.64. The summed E-state index contributed by atoms with van der Waals surface area (Å²) in [6.07, 6.45) is 4.39. The lowest BCUT2D eigenvalue weighted by Gasteiger charge is -2.49. The molecule has 0 bridgehead atoms. The first-order chi connectivity index (χ1) is 14.7. The van der Waals surface area contributed by atoms with E-state index in [1.165, 1.54) is 12.3 Å². The van der Waals surface area contributed by atoms with Crippen LogP contribution in [0.5, 0.6) is 0 Å². The van der Waals surface area contributed by atoms with Crippen LogP contribution in [0.15, 0.2) is 53.4 Å². The second-order valence-electron chi connectivity index (χ2n) is 9.56. The van der Waals surface area contributed by atoms with Gasteiger partial charge in [0.25, 0.3) is 0 Å². The molecule has 1 spiro atoms. The van der Waals surface area contributed by atoms with Gasteiger partial charge in [-0.15, -0.1) is 0 Å². The van der Waals surface area contributed by atoms with E-state index in [0.29, 0.717) is 23.3 Å². The summed E-state index contributed by atoms with van der Waals surface area (Å²) >= 11 is 0. The van der Waals surface area contributed by atoms with Gasteiger partial charge in [-0.05, 0) is 73.0 Å². The molecule has 168 valence electrons. The number of likely N-dealkylation sites (tertiary alicyclic amines) is 1. The number of nitrogens with zero attached hydrogens (tertiary/aromatic N) is 1. The quantitative estimate of drug-likeness (QED) is 0.650. The van der Waals surface area contributed by atoms with Gasteiger partial charge in [0, 0.05) is 18.3 Å². The maximum atomic E-state index is 13.8. The Balaban J connectivity index is 1.54. The third-order valence-corrected chi connectivity index (χ3v) is 8.16. The van der Waals surface area contributed by atoms with Gasteiger partial charge in [0.1, 0.15) is 5.82 Å². The van der Waals surface area contributed by atoms with Crippen LogP contribution < -0.4 is 0 Å². The van der Waals surface area contributed by atoms with Crippen molar-refractivity contribution in [1.29, 1.82) is 0 Å². The van der Waals surface area contributed by atoms with Crippen molar-refractivity contribution in [3.05, 3.63) is 65.5 Å². The molecule has 0 aliphatic carbocycles. The molecular formula is C25H32FNO3S. The fourth-order valence-corrected chi connectivity index (χ4v) is 5.91. The Morgan fingerprint density at radius 3 is 2.58 bits per heavy atom. The van der Waals surface area contributed by atoms with Crippen molar-refractivity contribution in [2.75, 3.05) is 19.4 Å². The van der Waals surface area contributed by atoms with Crippen LogP contribution in [0, 0.1) is 17.7 Å². The van der Waals surface area contributed by atoms with E-state index >= 15 is 0 Å². The molecule has 2 aromatic rings. The molecule has 0 amide bonds. The molecule has 0 N–H and O–H groups in total. The molecule has 2 heterocycles. The van der Waals surface area contributed by atoms with Gasteiger partial charge < -0.3 is 4.74 Å². The van der Waals surface area contributed by atoms with Crippen molar-refractivity contribution in [3.63, 3.8) is 0 Å². The highest BCUT2D eigenvalue weighted by Crippen LogP contribution is 2.48. The Labute approximate surface area is 185 Å². The molecule has 4 rings (SSSR count). The van der Waals surface area contributed by atoms with Crippen molar-refractivity contribution < 1.29 is 17.5 Å². The van der Waals surface area contributed by atoms with Gasteiger partial charge in [-0.25, -0.2) is 12.8 Å². The Hall–Kier alpha value is -1.76. The zero-order chi connectivity index (χ0) is 22.2. The lowest BCUT2D eigenvalue weighted by Crippen LogP contribution is -2.53. The maximum absolute atomic E-state index is 13.8. The fourth-order valence-electron chi connectivity index (χ4n) is 5.28. The fraction of sp³-hybridized carbons (Fsp3) is 0.520. The number of rotatable bonds is 5. The molecule has 0 radical (unpaired) electrons. The summed E-state index contributed by atoms with van der Waals surface area (Å²) < 4.78 is 43.8. The first kappa shape index (κ1) is 22.4. The summed E-state index contributed by atoms with van der Waals surface area (Å²) in [6.45, 7) is 6.87. The van der Waals surface area contributed by atoms with Gasteiger partial charge in [-0.2, -0.15) is 0 Å². The standard InChI is InChI=1S/C25H32FNO3S/c1-18(2)23-15-25(17-30-24(23)20-6-4-7-21(26)14-20)12-5-13-27(25)16-19-8-10-22(11-9-19)31(3,28)29/h4,6-11,14,18,23-24H,5,12-13,15-17H2,1-3H3/t23-,24-,25-/m0/s1. The summed E-state index contributed by atoms with van der Waals surface area (Å²) in [5.41, 5.74) is 2.02. The summed E-state index contributed by atoms with van der Waals surface area (Å²) in [4.78, 5) is 2.87. The van der Waals surface area contributed by atoms with Crippen molar-refractivity contribution in [3.8, 4) is 0 Å². The monoisotopic (exact) mass is 445 g/mol. The predicted molar refractivity (Wildman–Crippen MR) is 120 cm³/mol. The zero-order valence-corrected chi connectivity index (χ0v) is 19.4. The molecule has 0 aromatic heterocycles. The first-order valence-electron chi connectivity index (χ1n) is 11.1. The Kier molecular flexibility index (Phi) is 6.25. The highest BCUT2D eigenvalue weighted by atomic mass is 32.2. The molecule has 2 saturated heterocycles. The van der Waals surface area contributed by atoms with Gasteiger partial charge >= 0.3 is 0 Å². The van der Waals surface area contributed by atoms with Crippen LogP contribution in [-0.2, 0) is 21.1 Å². The average molecular weight is 446 g/mol. The third-order valence-electron chi connectivity index (χ3n) is 7.04. The van der Waals surface area contributed by atoms with Crippen molar-refractivity contribution in [2.24, 2.45) is 11.8 Å². The van der Waals surface area contributed by atoms with Crippen LogP contribution in [0.25, 0.3) is 0 Å². The van der Waals surface area contributed by atoms with Gasteiger partial charge in [0.15, 0.2) is 9.84 Å². The number of sulfone groups is 1. The number of benzene rings is 2. The molecule has 4 nitrogen and oxygen atoms in total. The SMILES string of the molecule is CC(C)[C@@H]1C[C@@]2(CCCN2Cc2ccc(S(C)(=O)=O)cc2)CO[C@H]1c1cccc(F)c1. The lowest BCUT2D eigenvalue weighted by atomic mass is 9.73. The van der Waals surface area contributed by atoms with E-state index in [4.69, 9.17) is 4.74 Å². The summed E-state index contributed by atoms with van der Waals surface area (Å²) in [5.74, 6) is 0.509. The predicted octanol–water partition coefficient (Wildman–Crippen LogP) is 5.00. The number of ether oxygens (including phenoxy) is 1. The van der Waals surface area contributed by atoms with Crippen molar-refractivity contribution >= 4 is 9.84 Å². The Morgan fingerprint density at radius 1 is 1.19 bits per heavy atom. The minimum absolute atomic E-state index is 0.0196. The van der Waals surface area contributed by atoms with Gasteiger partial charge in [-0.3, -0.25) is 4.90 Å². The van der Waals surface area contributed by atoms with Crippen LogP contribution in [-0.4, -0.2) is 38.3 Å². The molecule has 0 saturated carbocycles. The topological polar surface area (TPSA) is 46.6 Å². The number of hydrogen-bond donors (Lipinski definition) is 0. The smallest absolute Gasteiger partial charge is 0.175 e. The minimum atomic E-state index is -3.19. The van der Waals surface area contributed by atoms with Crippen LogP contribution >= 0.6 is 0 Å². The third kappa shape index (κ3) is 4.71. The van der Waals surface area contributed by atoms with Gasteiger partial charge in [0.05, 0.1) is 17.6 Å². The van der Waals surface area contributed by atoms with Gasteiger partial charge in [0.2, 0.25) is 0 Å². The largest absolute Gasteiger partial charge is 0.371 e. The summed E-state index contributed by atoms with van der Waals surface area (Å²) in [7, 11) is -3.19. The number of hydrogen-bond acceptors (Lipinski definition) is 4. The average Bonchev–Trinajstić information content (AvgIpc) is 3.09. The van der Waals surface area contributed by atoms with Crippen LogP contribution in [0.1, 0.15) is 50.3 Å². The minimum Gasteiger partial charge on any atom is -0.371 e. The van der Waals surface area contributed by atoms with Crippen LogP contribution in [0.3, 0.4) is 0 Å². The lowest BCUT2D eigenvalue weighted by molar-refractivity contribution is -0.122. The molecule has 2 aliphatic heterocycles. The normalized spacial score (nSPS) is 27.3. The van der Waals surface area contributed by atoms with Gasteiger partial charge in [-0.1, -0.05) is 38.1 Å². The molecule has 2 aromatic carbocycles.